The summed E-state index contributed by atoms with van der Waals surface area (Å²) in [5, 5.41) is 15.5. The number of benzene rings is 1. The number of nitrogens with one attached hydrogen (secondary N) is 2. The van der Waals surface area contributed by atoms with Crippen molar-refractivity contribution >= 4 is 34.8 Å². The van der Waals surface area contributed by atoms with Gasteiger partial charge in [0, 0.05) is 26.1 Å². The van der Waals surface area contributed by atoms with E-state index < -0.39 is 0 Å². The lowest BCUT2D eigenvalue weighted by Crippen LogP contribution is -3.00. The minimum absolute atomic E-state index is 0. The van der Waals surface area contributed by atoms with Crippen molar-refractivity contribution in [2.75, 3.05) is 57.5 Å². The zero-order chi connectivity index (χ0) is 17.9. The van der Waals surface area contributed by atoms with Crippen LogP contribution in [-0.4, -0.2) is 73.1 Å². The zero-order valence-electron chi connectivity index (χ0n) is 14.6. The largest absolute Gasteiger partial charge is 1.00 e. The molecule has 2 amide bonds. The number of amides is 2. The molecule has 3 N–H and O–H groups in total. The molecular formula is C16H24Cl2N4O3. The normalized spacial score (nSPS) is 16.6. The Hall–Kier alpha value is -1.54. The SMILES string of the molecule is CC(=O)Nc1cc(O)c(NC(=O)C[N+]2(C)CCN(C)CC2)cc1Cl.[Cl-]. The molecule has 2 rings (SSSR count). The number of carbonyl (C=O) groups is 2. The number of carbonyl (C=O) groups excluding carboxylic acids is 2. The smallest absolute Gasteiger partial charge is 0.279 e. The molecule has 0 unspecified atom stereocenters. The predicted octanol–water partition coefficient (Wildman–Crippen LogP) is -1.66. The molecule has 25 heavy (non-hydrogen) atoms. The number of nitrogens with zero attached hydrogens (tertiary/aromatic N) is 2. The number of halogens is 2. The number of aromatic hydroxyl groups is 1. The first-order valence-corrected chi connectivity index (χ1v) is 8.18. The third-order valence-corrected chi connectivity index (χ3v) is 4.55. The summed E-state index contributed by atoms with van der Waals surface area (Å²) in [5.74, 6) is -0.612. The van der Waals surface area contributed by atoms with E-state index >= 15 is 0 Å². The molecule has 1 heterocycles. The minimum Gasteiger partial charge on any atom is -1.00 e. The Labute approximate surface area is 158 Å². The van der Waals surface area contributed by atoms with E-state index in [1.807, 2.05) is 0 Å². The molecule has 0 bridgehead atoms. The van der Waals surface area contributed by atoms with Crippen molar-refractivity contribution in [3.63, 3.8) is 0 Å². The molecule has 0 atom stereocenters. The molecule has 0 radical (unpaired) electrons. The highest BCUT2D eigenvalue weighted by Gasteiger charge is 2.30. The number of rotatable bonds is 4. The lowest BCUT2D eigenvalue weighted by molar-refractivity contribution is -0.905. The van der Waals surface area contributed by atoms with Gasteiger partial charge in [0.05, 0.1) is 36.5 Å². The molecule has 1 aliphatic rings. The standard InChI is InChI=1S/C16H23ClN4O3.ClH/c1-11(22)18-13-9-15(23)14(8-12(13)17)19-16(24)10-21(3)6-4-20(2)5-7-21;/h8-9H,4-7,10H2,1-3H3,(H2-,18,19,22,23,24);1H. The van der Waals surface area contributed by atoms with Crippen LogP contribution in [0, 0.1) is 0 Å². The van der Waals surface area contributed by atoms with E-state index in [1.165, 1.54) is 19.1 Å². The van der Waals surface area contributed by atoms with Gasteiger partial charge in [-0.25, -0.2) is 0 Å². The Bertz CT molecular complexity index is 647. The van der Waals surface area contributed by atoms with Crippen LogP contribution in [0.5, 0.6) is 5.75 Å². The summed E-state index contributed by atoms with van der Waals surface area (Å²) in [7, 11) is 4.12. The molecule has 7 nitrogen and oxygen atoms in total. The maximum absolute atomic E-state index is 12.3. The van der Waals surface area contributed by atoms with Gasteiger partial charge in [-0.05, 0) is 13.1 Å². The van der Waals surface area contributed by atoms with Crippen molar-refractivity contribution in [3.8, 4) is 5.75 Å². The van der Waals surface area contributed by atoms with Gasteiger partial charge in [-0.1, -0.05) is 11.6 Å². The van der Waals surface area contributed by atoms with Crippen LogP contribution in [-0.2, 0) is 9.59 Å². The van der Waals surface area contributed by atoms with Crippen LogP contribution in [0.1, 0.15) is 6.92 Å². The number of piperazine rings is 1. The number of hydrogen-bond donors (Lipinski definition) is 3. The molecule has 1 aromatic carbocycles. The monoisotopic (exact) mass is 390 g/mol. The van der Waals surface area contributed by atoms with E-state index in [1.54, 1.807) is 0 Å². The lowest BCUT2D eigenvalue weighted by Gasteiger charge is -2.40. The molecule has 1 saturated heterocycles. The highest BCUT2D eigenvalue weighted by atomic mass is 35.5. The second kappa shape index (κ2) is 8.71. The molecule has 140 valence electrons. The van der Waals surface area contributed by atoms with Gasteiger partial charge in [0.15, 0.2) is 6.54 Å². The molecule has 1 aliphatic heterocycles. The van der Waals surface area contributed by atoms with Gasteiger partial charge in [-0.3, -0.25) is 14.5 Å². The van der Waals surface area contributed by atoms with Crippen LogP contribution in [0.3, 0.4) is 0 Å². The van der Waals surface area contributed by atoms with Crippen molar-refractivity contribution in [2.45, 2.75) is 6.92 Å². The molecule has 9 heteroatoms. The Morgan fingerprint density at radius 3 is 2.40 bits per heavy atom. The molecule has 1 fully saturated rings. The van der Waals surface area contributed by atoms with Gasteiger partial charge in [0.2, 0.25) is 5.91 Å². The van der Waals surface area contributed by atoms with E-state index in [9.17, 15) is 14.7 Å². The van der Waals surface area contributed by atoms with Crippen LogP contribution < -0.4 is 23.0 Å². The van der Waals surface area contributed by atoms with E-state index in [0.717, 1.165) is 26.2 Å². The minimum atomic E-state index is -0.291. The fourth-order valence-electron chi connectivity index (χ4n) is 2.69. The van der Waals surface area contributed by atoms with Gasteiger partial charge < -0.3 is 32.6 Å². The summed E-state index contributed by atoms with van der Waals surface area (Å²) in [6.45, 7) is 5.39. The average Bonchev–Trinajstić information content (AvgIpc) is 2.47. The Balaban J connectivity index is 0.00000312. The van der Waals surface area contributed by atoms with Crippen LogP contribution in [0.4, 0.5) is 11.4 Å². The first-order valence-electron chi connectivity index (χ1n) is 7.80. The highest BCUT2D eigenvalue weighted by Crippen LogP contribution is 2.33. The fourth-order valence-corrected chi connectivity index (χ4v) is 2.90. The summed E-state index contributed by atoms with van der Waals surface area (Å²) in [6.07, 6.45) is 0. The van der Waals surface area contributed by atoms with E-state index in [-0.39, 0.29) is 40.7 Å². The number of quaternary nitrogens is 1. The number of hydrogen-bond acceptors (Lipinski definition) is 4. The molecular weight excluding hydrogens is 367 g/mol. The first kappa shape index (κ1) is 21.5. The topological polar surface area (TPSA) is 81.7 Å². The van der Waals surface area contributed by atoms with Gasteiger partial charge in [-0.15, -0.1) is 0 Å². The number of phenols is 1. The van der Waals surface area contributed by atoms with Crippen molar-refractivity contribution in [1.29, 1.82) is 0 Å². The van der Waals surface area contributed by atoms with Gasteiger partial charge in [0.1, 0.15) is 5.75 Å². The quantitative estimate of drug-likeness (QED) is 0.424. The van der Waals surface area contributed by atoms with Gasteiger partial charge >= 0.3 is 0 Å². The molecule has 1 aromatic rings. The molecule has 0 saturated carbocycles. The van der Waals surface area contributed by atoms with Gasteiger partial charge in [-0.2, -0.15) is 0 Å². The number of anilines is 2. The molecule has 0 aliphatic carbocycles. The summed E-state index contributed by atoms with van der Waals surface area (Å²) < 4.78 is 0.661. The Kier molecular flexibility index (Phi) is 7.49. The van der Waals surface area contributed by atoms with Crippen molar-refractivity contribution in [3.05, 3.63) is 17.2 Å². The molecule has 0 aromatic heterocycles. The average molecular weight is 391 g/mol. The number of phenolic OH excluding ortho intramolecular Hbond substituents is 1. The van der Waals surface area contributed by atoms with Gasteiger partial charge in [0.25, 0.3) is 5.91 Å². The molecule has 0 spiro atoms. The Morgan fingerprint density at radius 2 is 1.84 bits per heavy atom. The Morgan fingerprint density at radius 1 is 1.24 bits per heavy atom. The number of likely N-dealkylation sites (N-methyl/N-ethyl adjacent to an activating group) is 2. The summed E-state index contributed by atoms with van der Waals surface area (Å²) in [4.78, 5) is 25.7. The summed E-state index contributed by atoms with van der Waals surface area (Å²) in [6, 6.07) is 2.76. The fraction of sp³-hybridized carbons (Fsp3) is 0.500. The third kappa shape index (κ3) is 6.04. The first-order chi connectivity index (χ1) is 11.2. The maximum Gasteiger partial charge on any atom is 0.279 e. The highest BCUT2D eigenvalue weighted by molar-refractivity contribution is 6.34. The van der Waals surface area contributed by atoms with Crippen LogP contribution in [0.15, 0.2) is 12.1 Å². The van der Waals surface area contributed by atoms with Crippen molar-refractivity contribution in [2.24, 2.45) is 0 Å². The zero-order valence-corrected chi connectivity index (χ0v) is 16.1. The maximum atomic E-state index is 12.3. The predicted molar refractivity (Wildman–Crippen MR) is 94.3 cm³/mol. The van der Waals surface area contributed by atoms with Crippen LogP contribution >= 0.6 is 11.6 Å². The van der Waals surface area contributed by atoms with E-state index in [4.69, 9.17) is 11.6 Å². The summed E-state index contributed by atoms with van der Waals surface area (Å²) >= 11 is 6.08. The van der Waals surface area contributed by atoms with Crippen molar-refractivity contribution in [1.82, 2.24) is 4.90 Å². The third-order valence-electron chi connectivity index (χ3n) is 4.24. The van der Waals surface area contributed by atoms with Crippen molar-refractivity contribution < 1.29 is 31.6 Å². The van der Waals surface area contributed by atoms with Crippen LogP contribution in [0.25, 0.3) is 0 Å². The lowest BCUT2D eigenvalue weighted by atomic mass is 10.2. The van der Waals surface area contributed by atoms with Crippen LogP contribution in [0.2, 0.25) is 5.02 Å². The van der Waals surface area contributed by atoms with E-state index in [0.29, 0.717) is 16.7 Å². The second-order valence-electron chi connectivity index (χ2n) is 6.61. The second-order valence-corrected chi connectivity index (χ2v) is 7.01. The summed E-state index contributed by atoms with van der Waals surface area (Å²) in [5.41, 5.74) is 0.539. The van der Waals surface area contributed by atoms with E-state index in [2.05, 4.69) is 29.6 Å².